The molecule has 1 aliphatic rings. The molecule has 1 aromatic rings. The van der Waals surface area contributed by atoms with Crippen LogP contribution >= 0.6 is 0 Å². The van der Waals surface area contributed by atoms with Gasteiger partial charge in [0, 0.05) is 6.54 Å². The molecule has 3 N–H and O–H groups in total. The number of ether oxygens (including phenoxy) is 1. The summed E-state index contributed by atoms with van der Waals surface area (Å²) in [6.45, 7) is 3.15. The van der Waals surface area contributed by atoms with Crippen LogP contribution < -0.4 is 11.1 Å². The average molecular weight is 248 g/mol. The maximum Gasteiger partial charge on any atom is 0.360 e. The number of hydrogen-bond acceptors (Lipinski definition) is 7. The second-order valence-electron chi connectivity index (χ2n) is 3.49. The molecule has 0 spiro atoms. The summed E-state index contributed by atoms with van der Waals surface area (Å²) in [6.07, 6.45) is 0. The van der Waals surface area contributed by atoms with Crippen LogP contribution in [0.4, 0.5) is 5.82 Å². The van der Waals surface area contributed by atoms with E-state index in [-0.39, 0.29) is 23.7 Å². The molecule has 0 saturated carbocycles. The first-order valence-electron chi connectivity index (χ1n) is 5.43. The zero-order chi connectivity index (χ0) is 13.1. The molecule has 0 bridgehead atoms. The van der Waals surface area contributed by atoms with Crippen LogP contribution in [0.3, 0.4) is 0 Å². The summed E-state index contributed by atoms with van der Waals surface area (Å²) in [5, 5.41) is 16.0. The van der Waals surface area contributed by atoms with Gasteiger partial charge in [0.25, 0.3) is 0 Å². The van der Waals surface area contributed by atoms with E-state index in [1.165, 1.54) is 4.68 Å². The van der Waals surface area contributed by atoms with Gasteiger partial charge in [-0.25, -0.2) is 9.79 Å². The van der Waals surface area contributed by atoms with Crippen LogP contribution in [0.2, 0.25) is 0 Å². The largest absolute Gasteiger partial charge is 0.461 e. The molecular formula is C10H12N6O2. The van der Waals surface area contributed by atoms with Gasteiger partial charge in [0.15, 0.2) is 5.69 Å². The van der Waals surface area contributed by atoms with Gasteiger partial charge in [0.1, 0.15) is 17.5 Å². The van der Waals surface area contributed by atoms with Crippen LogP contribution in [-0.2, 0) is 4.74 Å². The number of nitrogen functional groups attached to an aromatic ring is 1. The molecule has 8 heteroatoms. The van der Waals surface area contributed by atoms with Crippen molar-refractivity contribution >= 4 is 17.7 Å². The van der Waals surface area contributed by atoms with Crippen molar-refractivity contribution in [2.75, 3.05) is 25.4 Å². The number of esters is 1. The van der Waals surface area contributed by atoms with E-state index in [1.54, 1.807) is 6.92 Å². The molecule has 0 saturated heterocycles. The normalized spacial score (nSPS) is 13.7. The van der Waals surface area contributed by atoms with Crippen molar-refractivity contribution in [3.63, 3.8) is 0 Å². The number of aromatic nitrogens is 2. The van der Waals surface area contributed by atoms with E-state index < -0.39 is 5.97 Å². The maximum atomic E-state index is 11.6. The van der Waals surface area contributed by atoms with Gasteiger partial charge >= 0.3 is 5.97 Å². The Morgan fingerprint density at radius 2 is 2.50 bits per heavy atom. The van der Waals surface area contributed by atoms with Crippen molar-refractivity contribution in [3.05, 3.63) is 11.3 Å². The van der Waals surface area contributed by atoms with E-state index in [4.69, 9.17) is 15.7 Å². The third kappa shape index (κ3) is 1.86. The Hall–Kier alpha value is -2.56. The Morgan fingerprint density at radius 1 is 1.72 bits per heavy atom. The van der Waals surface area contributed by atoms with Crippen molar-refractivity contribution < 1.29 is 9.53 Å². The van der Waals surface area contributed by atoms with Crippen molar-refractivity contribution in [2.24, 2.45) is 4.99 Å². The molecule has 0 unspecified atom stereocenters. The summed E-state index contributed by atoms with van der Waals surface area (Å²) in [7, 11) is 0. The van der Waals surface area contributed by atoms with E-state index >= 15 is 0 Å². The molecule has 1 aliphatic heterocycles. The summed E-state index contributed by atoms with van der Waals surface area (Å²) < 4.78 is 6.07. The first-order valence-corrected chi connectivity index (χ1v) is 5.43. The minimum absolute atomic E-state index is 0.00449. The molecule has 2 heterocycles. The number of nitrogens with one attached hydrogen (secondary N) is 1. The van der Waals surface area contributed by atoms with E-state index in [0.29, 0.717) is 19.0 Å². The van der Waals surface area contributed by atoms with Crippen molar-refractivity contribution in [2.45, 2.75) is 6.92 Å². The minimum Gasteiger partial charge on any atom is -0.461 e. The predicted octanol–water partition coefficient (Wildman–Crippen LogP) is -0.679. The van der Waals surface area contributed by atoms with E-state index in [2.05, 4.69) is 15.4 Å². The highest BCUT2D eigenvalue weighted by Crippen LogP contribution is 2.17. The highest BCUT2D eigenvalue weighted by molar-refractivity contribution is 5.95. The Bertz CT molecular complexity index is 553. The smallest absolute Gasteiger partial charge is 0.360 e. The average Bonchev–Trinajstić information content (AvgIpc) is 2.96. The third-order valence-electron chi connectivity index (χ3n) is 2.36. The third-order valence-corrected chi connectivity index (χ3v) is 2.36. The monoisotopic (exact) mass is 248 g/mol. The lowest BCUT2D eigenvalue weighted by Gasteiger charge is -2.02. The van der Waals surface area contributed by atoms with Gasteiger partial charge < -0.3 is 15.8 Å². The molecule has 0 atom stereocenters. The molecule has 8 nitrogen and oxygen atoms in total. The van der Waals surface area contributed by atoms with Gasteiger partial charge in [0.2, 0.25) is 5.96 Å². The molecule has 0 radical (unpaired) electrons. The Labute approximate surface area is 103 Å². The van der Waals surface area contributed by atoms with Crippen molar-refractivity contribution in [1.29, 1.82) is 5.26 Å². The van der Waals surface area contributed by atoms with Gasteiger partial charge in [-0.05, 0) is 6.92 Å². The van der Waals surface area contributed by atoms with Crippen LogP contribution in [-0.4, -0.2) is 41.4 Å². The maximum absolute atomic E-state index is 11.6. The fourth-order valence-electron chi connectivity index (χ4n) is 1.57. The van der Waals surface area contributed by atoms with Crippen LogP contribution in [0, 0.1) is 11.3 Å². The van der Waals surface area contributed by atoms with E-state index in [1.807, 2.05) is 6.07 Å². The lowest BCUT2D eigenvalue weighted by molar-refractivity contribution is 0.0518. The highest BCUT2D eigenvalue weighted by Gasteiger charge is 2.25. The number of nitriles is 1. The second kappa shape index (κ2) is 4.75. The molecular weight excluding hydrogens is 236 g/mol. The predicted molar refractivity (Wildman–Crippen MR) is 63.0 cm³/mol. The fourth-order valence-corrected chi connectivity index (χ4v) is 1.57. The Morgan fingerprint density at radius 3 is 3.06 bits per heavy atom. The molecule has 18 heavy (non-hydrogen) atoms. The molecule has 1 aromatic heterocycles. The highest BCUT2D eigenvalue weighted by atomic mass is 16.5. The first-order chi connectivity index (χ1) is 8.69. The number of rotatable bonds is 2. The molecule has 0 fully saturated rings. The number of anilines is 1. The summed E-state index contributed by atoms with van der Waals surface area (Å²) in [5.74, 6) is -0.161. The first kappa shape index (κ1) is 11.9. The van der Waals surface area contributed by atoms with Gasteiger partial charge in [-0.15, -0.1) is 0 Å². The lowest BCUT2D eigenvalue weighted by Crippen LogP contribution is -2.28. The molecule has 0 aliphatic carbocycles. The molecule has 0 amide bonds. The van der Waals surface area contributed by atoms with E-state index in [0.717, 1.165) is 0 Å². The number of carbonyl (C=O) groups is 1. The standard InChI is InChI=1S/C10H12N6O2/c1-2-18-9(17)7-6(5-11)8(12)16(15-7)10-13-3-4-14-10/h2-4,12H2,1H3,(H,13,14). The number of nitrogens with two attached hydrogens (primary N) is 1. The lowest BCUT2D eigenvalue weighted by atomic mass is 10.2. The number of nitrogens with zero attached hydrogens (tertiary/aromatic N) is 4. The van der Waals surface area contributed by atoms with Crippen LogP contribution in [0.5, 0.6) is 0 Å². The van der Waals surface area contributed by atoms with Gasteiger partial charge in [0.05, 0.1) is 13.2 Å². The van der Waals surface area contributed by atoms with Crippen LogP contribution in [0.15, 0.2) is 4.99 Å². The molecule has 2 rings (SSSR count). The number of aliphatic imine (C=N–C) groups is 1. The van der Waals surface area contributed by atoms with Crippen molar-refractivity contribution in [1.82, 2.24) is 15.1 Å². The topological polar surface area (TPSA) is 118 Å². The Balaban J connectivity index is 2.45. The minimum atomic E-state index is -0.668. The van der Waals surface area contributed by atoms with Gasteiger partial charge in [-0.1, -0.05) is 0 Å². The summed E-state index contributed by atoms with van der Waals surface area (Å²) in [4.78, 5) is 15.8. The molecule has 94 valence electrons. The molecule has 0 aromatic carbocycles. The zero-order valence-electron chi connectivity index (χ0n) is 9.80. The quantitative estimate of drug-likeness (QED) is 0.669. The van der Waals surface area contributed by atoms with Crippen LogP contribution in [0.1, 0.15) is 23.0 Å². The summed E-state index contributed by atoms with van der Waals surface area (Å²) in [5.41, 5.74) is 5.69. The zero-order valence-corrected chi connectivity index (χ0v) is 9.80. The van der Waals surface area contributed by atoms with Gasteiger partial charge in [-0.2, -0.15) is 15.0 Å². The SMILES string of the molecule is CCOC(=O)c1nn(C2=NCCN2)c(N)c1C#N. The summed E-state index contributed by atoms with van der Waals surface area (Å²) in [6, 6.07) is 1.86. The summed E-state index contributed by atoms with van der Waals surface area (Å²) >= 11 is 0. The van der Waals surface area contributed by atoms with E-state index in [9.17, 15) is 4.79 Å². The fraction of sp³-hybridized carbons (Fsp3) is 0.400. The number of hydrogen-bond donors (Lipinski definition) is 2. The van der Waals surface area contributed by atoms with Crippen molar-refractivity contribution in [3.8, 4) is 6.07 Å². The second-order valence-corrected chi connectivity index (χ2v) is 3.49. The van der Waals surface area contributed by atoms with Gasteiger partial charge in [-0.3, -0.25) is 0 Å². The number of carbonyl (C=O) groups excluding carboxylic acids is 1. The van der Waals surface area contributed by atoms with Crippen LogP contribution in [0.25, 0.3) is 0 Å². The Kier molecular flexibility index (Phi) is 3.14.